The van der Waals surface area contributed by atoms with Crippen molar-refractivity contribution in [1.82, 2.24) is 4.90 Å². The SMILES string of the molecule is CCc1ccccc1C(=O)N1C[C@@H]2CC[C@H](N)[C@H]2C1. The molecule has 1 aromatic rings. The highest BCUT2D eigenvalue weighted by atomic mass is 16.2. The minimum atomic E-state index is 0.194. The highest BCUT2D eigenvalue weighted by Crippen LogP contribution is 2.37. The number of nitrogens with zero attached hydrogens (tertiary/aromatic N) is 1. The summed E-state index contributed by atoms with van der Waals surface area (Å²) in [6.07, 6.45) is 3.22. The number of hydrogen-bond donors (Lipinski definition) is 1. The Kier molecular flexibility index (Phi) is 3.31. The van der Waals surface area contributed by atoms with Gasteiger partial charge in [0.1, 0.15) is 0 Å². The summed E-state index contributed by atoms with van der Waals surface area (Å²) >= 11 is 0. The number of carbonyl (C=O) groups excluding carboxylic acids is 1. The van der Waals surface area contributed by atoms with Gasteiger partial charge in [-0.25, -0.2) is 0 Å². The molecule has 1 amide bonds. The molecule has 1 saturated carbocycles. The van der Waals surface area contributed by atoms with Crippen LogP contribution in [0, 0.1) is 11.8 Å². The molecular weight excluding hydrogens is 236 g/mol. The van der Waals surface area contributed by atoms with Gasteiger partial charge in [0, 0.05) is 24.7 Å². The van der Waals surface area contributed by atoms with Crippen LogP contribution in [0.15, 0.2) is 24.3 Å². The van der Waals surface area contributed by atoms with Crippen LogP contribution in [0.2, 0.25) is 0 Å². The van der Waals surface area contributed by atoms with E-state index in [9.17, 15) is 4.79 Å². The second kappa shape index (κ2) is 4.97. The average Bonchev–Trinajstić information content (AvgIpc) is 3.00. The zero-order valence-electron chi connectivity index (χ0n) is 11.5. The maximum Gasteiger partial charge on any atom is 0.254 e. The largest absolute Gasteiger partial charge is 0.338 e. The number of fused-ring (bicyclic) bond motifs is 1. The number of amides is 1. The van der Waals surface area contributed by atoms with Crippen molar-refractivity contribution in [2.24, 2.45) is 17.6 Å². The average molecular weight is 258 g/mol. The molecule has 102 valence electrons. The van der Waals surface area contributed by atoms with Gasteiger partial charge in [-0.1, -0.05) is 25.1 Å². The molecule has 2 N–H and O–H groups in total. The van der Waals surface area contributed by atoms with Crippen LogP contribution >= 0.6 is 0 Å². The van der Waals surface area contributed by atoms with Gasteiger partial charge in [-0.15, -0.1) is 0 Å². The first-order chi connectivity index (χ1) is 9.20. The Bertz CT molecular complexity index is 485. The molecule has 0 spiro atoms. The lowest BCUT2D eigenvalue weighted by Crippen LogP contribution is -2.33. The van der Waals surface area contributed by atoms with Crippen molar-refractivity contribution in [2.45, 2.75) is 32.2 Å². The second-order valence-electron chi connectivity index (χ2n) is 5.89. The minimum absolute atomic E-state index is 0.194. The van der Waals surface area contributed by atoms with Crippen molar-refractivity contribution >= 4 is 5.91 Å². The molecule has 0 aromatic heterocycles. The number of carbonyl (C=O) groups is 1. The fourth-order valence-corrected chi connectivity index (χ4v) is 3.68. The molecule has 3 rings (SSSR count). The van der Waals surface area contributed by atoms with E-state index in [1.165, 1.54) is 6.42 Å². The van der Waals surface area contributed by atoms with Gasteiger partial charge in [0.05, 0.1) is 0 Å². The predicted octanol–water partition coefficient (Wildman–Crippen LogP) is 2.06. The number of likely N-dealkylation sites (tertiary alicyclic amines) is 1. The van der Waals surface area contributed by atoms with E-state index >= 15 is 0 Å². The molecule has 0 bridgehead atoms. The molecule has 1 heterocycles. The standard InChI is InChI=1S/C16H22N2O/c1-2-11-5-3-4-6-13(11)16(19)18-9-12-7-8-15(17)14(12)10-18/h3-6,12,14-15H,2,7-10,17H2,1H3/t12-,14-,15-/m0/s1. The van der Waals surface area contributed by atoms with E-state index in [1.54, 1.807) is 0 Å². The van der Waals surface area contributed by atoms with Crippen molar-refractivity contribution in [3.63, 3.8) is 0 Å². The third kappa shape index (κ3) is 2.16. The lowest BCUT2D eigenvalue weighted by Gasteiger charge is -2.20. The molecule has 19 heavy (non-hydrogen) atoms. The van der Waals surface area contributed by atoms with Crippen molar-refractivity contribution in [2.75, 3.05) is 13.1 Å². The van der Waals surface area contributed by atoms with Crippen LogP contribution in [0.5, 0.6) is 0 Å². The van der Waals surface area contributed by atoms with Gasteiger partial charge < -0.3 is 10.6 Å². The summed E-state index contributed by atoms with van der Waals surface area (Å²) in [5.74, 6) is 1.35. The van der Waals surface area contributed by atoms with Crippen LogP contribution in [0.4, 0.5) is 0 Å². The monoisotopic (exact) mass is 258 g/mol. The second-order valence-corrected chi connectivity index (χ2v) is 5.89. The summed E-state index contributed by atoms with van der Waals surface area (Å²) in [5, 5.41) is 0. The lowest BCUT2D eigenvalue weighted by atomic mass is 9.98. The molecule has 1 saturated heterocycles. The van der Waals surface area contributed by atoms with Crippen LogP contribution in [0.25, 0.3) is 0 Å². The topological polar surface area (TPSA) is 46.3 Å². The summed E-state index contributed by atoms with van der Waals surface area (Å²) < 4.78 is 0. The smallest absolute Gasteiger partial charge is 0.254 e. The van der Waals surface area contributed by atoms with Gasteiger partial charge in [0.2, 0.25) is 0 Å². The van der Waals surface area contributed by atoms with Crippen LogP contribution in [0.3, 0.4) is 0 Å². The van der Waals surface area contributed by atoms with Crippen molar-refractivity contribution in [1.29, 1.82) is 0 Å². The van der Waals surface area contributed by atoms with E-state index in [4.69, 9.17) is 5.73 Å². The molecule has 3 heteroatoms. The fraction of sp³-hybridized carbons (Fsp3) is 0.562. The van der Waals surface area contributed by atoms with E-state index < -0.39 is 0 Å². The van der Waals surface area contributed by atoms with E-state index in [-0.39, 0.29) is 5.91 Å². The third-order valence-electron chi connectivity index (χ3n) is 4.83. The Morgan fingerprint density at radius 3 is 2.84 bits per heavy atom. The Hall–Kier alpha value is -1.35. The maximum absolute atomic E-state index is 12.6. The molecule has 1 aliphatic heterocycles. The lowest BCUT2D eigenvalue weighted by molar-refractivity contribution is 0.0778. The molecule has 3 nitrogen and oxygen atoms in total. The first-order valence-electron chi connectivity index (χ1n) is 7.33. The summed E-state index contributed by atoms with van der Waals surface area (Å²) in [6.45, 7) is 3.85. The number of nitrogens with two attached hydrogens (primary N) is 1. The van der Waals surface area contributed by atoms with E-state index in [0.717, 1.165) is 37.1 Å². The summed E-state index contributed by atoms with van der Waals surface area (Å²) in [7, 11) is 0. The zero-order valence-corrected chi connectivity index (χ0v) is 11.5. The molecule has 0 unspecified atom stereocenters. The van der Waals surface area contributed by atoms with Gasteiger partial charge >= 0.3 is 0 Å². The van der Waals surface area contributed by atoms with E-state index in [2.05, 4.69) is 13.0 Å². The van der Waals surface area contributed by atoms with Crippen LogP contribution in [-0.4, -0.2) is 29.9 Å². The normalized spacial score (nSPS) is 29.6. The molecule has 0 radical (unpaired) electrons. The van der Waals surface area contributed by atoms with Crippen molar-refractivity contribution in [3.8, 4) is 0 Å². The first-order valence-corrected chi connectivity index (χ1v) is 7.33. The Labute approximate surface area is 114 Å². The van der Waals surface area contributed by atoms with Crippen LogP contribution in [-0.2, 0) is 6.42 Å². The number of aryl methyl sites for hydroxylation is 1. The molecule has 3 atom stereocenters. The molecular formula is C16H22N2O. The molecule has 2 aliphatic rings. The van der Waals surface area contributed by atoms with Crippen molar-refractivity contribution in [3.05, 3.63) is 35.4 Å². The number of hydrogen-bond acceptors (Lipinski definition) is 2. The molecule has 1 aromatic carbocycles. The Morgan fingerprint density at radius 1 is 1.32 bits per heavy atom. The van der Waals surface area contributed by atoms with Gasteiger partial charge in [0.25, 0.3) is 5.91 Å². The Balaban J connectivity index is 1.78. The minimum Gasteiger partial charge on any atom is -0.338 e. The highest BCUT2D eigenvalue weighted by Gasteiger charge is 2.42. The Morgan fingerprint density at radius 2 is 2.11 bits per heavy atom. The van der Waals surface area contributed by atoms with Gasteiger partial charge in [-0.05, 0) is 42.7 Å². The predicted molar refractivity (Wildman–Crippen MR) is 75.9 cm³/mol. The van der Waals surface area contributed by atoms with Crippen molar-refractivity contribution < 1.29 is 4.79 Å². The molecule has 1 aliphatic carbocycles. The van der Waals surface area contributed by atoms with Crippen LogP contribution in [0.1, 0.15) is 35.7 Å². The van der Waals surface area contributed by atoms with Gasteiger partial charge in [-0.3, -0.25) is 4.79 Å². The maximum atomic E-state index is 12.6. The zero-order chi connectivity index (χ0) is 13.4. The number of rotatable bonds is 2. The summed E-state index contributed by atoms with van der Waals surface area (Å²) in [4.78, 5) is 14.7. The van der Waals surface area contributed by atoms with Gasteiger partial charge in [-0.2, -0.15) is 0 Å². The van der Waals surface area contributed by atoms with E-state index in [1.807, 2.05) is 23.1 Å². The van der Waals surface area contributed by atoms with Gasteiger partial charge in [0.15, 0.2) is 0 Å². The first kappa shape index (κ1) is 12.7. The molecule has 2 fully saturated rings. The quantitative estimate of drug-likeness (QED) is 0.882. The summed E-state index contributed by atoms with van der Waals surface area (Å²) in [6, 6.07) is 8.26. The number of benzene rings is 1. The fourth-order valence-electron chi connectivity index (χ4n) is 3.68. The third-order valence-corrected chi connectivity index (χ3v) is 4.83. The van der Waals surface area contributed by atoms with E-state index in [0.29, 0.717) is 17.9 Å². The van der Waals surface area contributed by atoms with Crippen LogP contribution < -0.4 is 5.73 Å². The highest BCUT2D eigenvalue weighted by molar-refractivity contribution is 5.95. The summed E-state index contributed by atoms with van der Waals surface area (Å²) in [5.41, 5.74) is 8.16.